The van der Waals surface area contributed by atoms with E-state index in [9.17, 15) is 8.42 Å². The van der Waals surface area contributed by atoms with E-state index in [-0.39, 0.29) is 6.79 Å². The van der Waals surface area contributed by atoms with Crippen molar-refractivity contribution in [1.82, 2.24) is 4.98 Å². The van der Waals surface area contributed by atoms with Gasteiger partial charge in [0.05, 0.1) is 6.26 Å². The first-order valence-electron chi connectivity index (χ1n) is 7.63. The lowest BCUT2D eigenvalue weighted by Crippen LogP contribution is -1.94. The van der Waals surface area contributed by atoms with Gasteiger partial charge in [0.1, 0.15) is 0 Å². The lowest BCUT2D eigenvalue weighted by atomic mass is 10.0. The number of fused-ring (bicyclic) bond motifs is 3. The fourth-order valence-corrected chi connectivity index (χ4v) is 2.76. The van der Waals surface area contributed by atoms with Crippen LogP contribution >= 0.6 is 11.6 Å². The SMILES string of the molecule is CS(=O)(=O)O.Clc1ccc(Cc2cncc3c4c(ccc23)OCO4)cc1. The van der Waals surface area contributed by atoms with Gasteiger partial charge in [-0.3, -0.25) is 9.54 Å². The summed E-state index contributed by atoms with van der Waals surface area (Å²) in [6, 6.07) is 11.9. The number of benzene rings is 2. The largest absolute Gasteiger partial charge is 0.454 e. The third-order valence-electron chi connectivity index (χ3n) is 3.67. The summed E-state index contributed by atoms with van der Waals surface area (Å²) in [6.07, 6.45) is 5.25. The van der Waals surface area contributed by atoms with Gasteiger partial charge in [-0.2, -0.15) is 8.42 Å². The highest BCUT2D eigenvalue weighted by Crippen LogP contribution is 2.39. The zero-order valence-corrected chi connectivity index (χ0v) is 15.4. The predicted octanol–water partition coefficient (Wildman–Crippen LogP) is 3.71. The van der Waals surface area contributed by atoms with Gasteiger partial charge >= 0.3 is 0 Å². The normalized spacial score (nSPS) is 12.6. The summed E-state index contributed by atoms with van der Waals surface area (Å²) in [6.45, 7) is 0.274. The van der Waals surface area contributed by atoms with Crippen LogP contribution in [0.25, 0.3) is 10.8 Å². The molecular weight excluding hydrogens is 378 g/mol. The number of hydrogen-bond donors (Lipinski definition) is 1. The molecule has 0 unspecified atom stereocenters. The highest BCUT2D eigenvalue weighted by molar-refractivity contribution is 7.85. The van der Waals surface area contributed by atoms with Gasteiger partial charge in [-0.1, -0.05) is 29.8 Å². The third kappa shape index (κ3) is 4.63. The van der Waals surface area contributed by atoms with Crippen LogP contribution in [-0.2, 0) is 16.5 Å². The molecule has 136 valence electrons. The molecule has 8 heteroatoms. The Labute approximate surface area is 156 Å². The molecule has 0 saturated carbocycles. The van der Waals surface area contributed by atoms with Crippen molar-refractivity contribution < 1.29 is 22.4 Å². The molecule has 0 atom stereocenters. The predicted molar refractivity (Wildman–Crippen MR) is 99.6 cm³/mol. The van der Waals surface area contributed by atoms with E-state index in [1.807, 2.05) is 42.7 Å². The minimum atomic E-state index is -3.67. The summed E-state index contributed by atoms with van der Waals surface area (Å²) in [4.78, 5) is 4.34. The van der Waals surface area contributed by atoms with Crippen molar-refractivity contribution in [2.75, 3.05) is 13.0 Å². The summed E-state index contributed by atoms with van der Waals surface area (Å²) in [7, 11) is -3.67. The summed E-state index contributed by atoms with van der Waals surface area (Å²) in [5.41, 5.74) is 2.36. The van der Waals surface area contributed by atoms with E-state index >= 15 is 0 Å². The number of halogens is 1. The lowest BCUT2D eigenvalue weighted by molar-refractivity contribution is 0.175. The van der Waals surface area contributed by atoms with E-state index in [0.29, 0.717) is 6.26 Å². The number of rotatable bonds is 2. The number of aromatic nitrogens is 1. The van der Waals surface area contributed by atoms with E-state index in [2.05, 4.69) is 11.1 Å². The summed E-state index contributed by atoms with van der Waals surface area (Å²) in [5, 5.41) is 2.89. The molecule has 1 N–H and O–H groups in total. The first-order valence-corrected chi connectivity index (χ1v) is 9.86. The molecular formula is C18H16ClNO5S. The molecule has 1 aliphatic heterocycles. The van der Waals surface area contributed by atoms with E-state index in [4.69, 9.17) is 25.6 Å². The Kier molecular flexibility index (Phi) is 5.31. The van der Waals surface area contributed by atoms with Gasteiger partial charge in [0, 0.05) is 22.8 Å². The minimum Gasteiger partial charge on any atom is -0.454 e. The molecule has 1 aromatic heterocycles. The molecule has 0 spiro atoms. The van der Waals surface area contributed by atoms with Gasteiger partial charge in [-0.15, -0.1) is 0 Å². The molecule has 3 aromatic rings. The standard InChI is InChI=1S/C17H12ClNO2.CH4O3S/c18-13-3-1-11(2-4-13)7-12-8-19-9-15-14(12)5-6-16-17(15)21-10-20-16;1-5(2,3)4/h1-6,8-9H,7,10H2;1H3,(H,2,3,4). The molecule has 4 rings (SSSR count). The zero-order chi connectivity index (χ0) is 18.7. The second kappa shape index (κ2) is 7.49. The number of hydrogen-bond acceptors (Lipinski definition) is 5. The molecule has 0 bridgehead atoms. The topological polar surface area (TPSA) is 85.7 Å². The maximum atomic E-state index is 9.19. The van der Waals surface area contributed by atoms with Crippen LogP contribution < -0.4 is 9.47 Å². The van der Waals surface area contributed by atoms with Gasteiger partial charge in [0.2, 0.25) is 6.79 Å². The van der Waals surface area contributed by atoms with Crippen molar-refractivity contribution in [2.45, 2.75) is 6.42 Å². The average molecular weight is 394 g/mol. The monoisotopic (exact) mass is 393 g/mol. The van der Waals surface area contributed by atoms with Crippen LogP contribution in [0.4, 0.5) is 0 Å². The molecule has 2 aromatic carbocycles. The maximum absolute atomic E-state index is 9.19. The van der Waals surface area contributed by atoms with E-state index in [0.717, 1.165) is 39.3 Å². The van der Waals surface area contributed by atoms with E-state index in [1.165, 1.54) is 5.56 Å². The van der Waals surface area contributed by atoms with Crippen LogP contribution in [0.5, 0.6) is 11.5 Å². The Morgan fingerprint density at radius 2 is 1.77 bits per heavy atom. The summed E-state index contributed by atoms with van der Waals surface area (Å²) < 4.78 is 36.8. The van der Waals surface area contributed by atoms with Crippen molar-refractivity contribution in [2.24, 2.45) is 0 Å². The fourth-order valence-electron chi connectivity index (χ4n) is 2.64. The first kappa shape index (κ1) is 18.4. The van der Waals surface area contributed by atoms with Crippen molar-refractivity contribution in [3.05, 3.63) is 64.9 Å². The molecule has 2 heterocycles. The molecule has 0 radical (unpaired) electrons. The molecule has 0 aliphatic carbocycles. The van der Waals surface area contributed by atoms with E-state index in [1.54, 1.807) is 0 Å². The second-order valence-corrected chi connectivity index (χ2v) is 7.63. The Morgan fingerprint density at radius 3 is 2.46 bits per heavy atom. The zero-order valence-electron chi connectivity index (χ0n) is 13.8. The van der Waals surface area contributed by atoms with Crippen LogP contribution in [0.15, 0.2) is 48.8 Å². The quantitative estimate of drug-likeness (QED) is 0.668. The van der Waals surface area contributed by atoms with Gasteiger partial charge in [0.15, 0.2) is 11.5 Å². The lowest BCUT2D eigenvalue weighted by Gasteiger charge is -2.08. The Bertz CT molecular complexity index is 1030. The average Bonchev–Trinajstić information content (AvgIpc) is 3.05. The molecule has 0 amide bonds. The molecule has 0 saturated heterocycles. The molecule has 0 fully saturated rings. The smallest absolute Gasteiger partial charge is 0.261 e. The molecule has 26 heavy (non-hydrogen) atoms. The number of ether oxygens (including phenoxy) is 2. The molecule has 6 nitrogen and oxygen atoms in total. The van der Waals surface area contributed by atoms with Crippen LogP contribution in [-0.4, -0.2) is 31.0 Å². The van der Waals surface area contributed by atoms with Crippen LogP contribution in [0, 0.1) is 0 Å². The second-order valence-electron chi connectivity index (χ2n) is 5.73. The fraction of sp³-hybridized carbons (Fsp3) is 0.167. The van der Waals surface area contributed by atoms with Crippen molar-refractivity contribution in [3.63, 3.8) is 0 Å². The minimum absolute atomic E-state index is 0.274. The Morgan fingerprint density at radius 1 is 1.08 bits per heavy atom. The van der Waals surface area contributed by atoms with Gasteiger partial charge in [0.25, 0.3) is 10.1 Å². The van der Waals surface area contributed by atoms with Crippen molar-refractivity contribution >= 4 is 32.5 Å². The van der Waals surface area contributed by atoms with Crippen LogP contribution in [0.3, 0.4) is 0 Å². The van der Waals surface area contributed by atoms with Gasteiger partial charge < -0.3 is 9.47 Å². The van der Waals surface area contributed by atoms with Gasteiger partial charge in [-0.25, -0.2) is 0 Å². The van der Waals surface area contributed by atoms with Gasteiger partial charge in [-0.05, 0) is 41.1 Å². The number of pyridine rings is 1. The van der Waals surface area contributed by atoms with Crippen molar-refractivity contribution in [1.29, 1.82) is 0 Å². The Balaban J connectivity index is 0.000000349. The maximum Gasteiger partial charge on any atom is 0.261 e. The highest BCUT2D eigenvalue weighted by atomic mass is 35.5. The number of nitrogens with zero attached hydrogens (tertiary/aromatic N) is 1. The van der Waals surface area contributed by atoms with E-state index < -0.39 is 10.1 Å². The summed E-state index contributed by atoms with van der Waals surface area (Å²) in [5.74, 6) is 1.57. The Hall–Kier alpha value is -2.35. The van der Waals surface area contributed by atoms with Crippen LogP contribution in [0.1, 0.15) is 11.1 Å². The first-order chi connectivity index (χ1) is 12.3. The van der Waals surface area contributed by atoms with Crippen molar-refractivity contribution in [3.8, 4) is 11.5 Å². The molecule has 1 aliphatic rings. The highest BCUT2D eigenvalue weighted by Gasteiger charge is 2.18. The van der Waals surface area contributed by atoms with Crippen LogP contribution in [0.2, 0.25) is 5.02 Å². The summed E-state index contributed by atoms with van der Waals surface area (Å²) >= 11 is 5.93. The third-order valence-corrected chi connectivity index (χ3v) is 3.92.